The Morgan fingerprint density at radius 1 is 1.40 bits per heavy atom. The second-order valence-corrected chi connectivity index (χ2v) is 4.39. The Morgan fingerprint density at radius 3 is 2.95 bits per heavy atom. The highest BCUT2D eigenvalue weighted by Gasteiger charge is 2.09. The normalized spacial score (nSPS) is 10.4. The molecule has 2 aromatic rings. The Kier molecular flexibility index (Phi) is 4.54. The van der Waals surface area contributed by atoms with Crippen LogP contribution in [0.4, 0.5) is 11.4 Å². The molecule has 0 bridgehead atoms. The first-order valence-electron chi connectivity index (χ1n) is 6.34. The van der Waals surface area contributed by atoms with E-state index in [1.165, 1.54) is 18.2 Å². The molecule has 7 nitrogen and oxygen atoms in total. The summed E-state index contributed by atoms with van der Waals surface area (Å²) in [7, 11) is 0. The quantitative estimate of drug-likeness (QED) is 0.350. The number of anilines is 1. The van der Waals surface area contributed by atoms with Crippen LogP contribution >= 0.6 is 0 Å². The lowest BCUT2D eigenvalue weighted by Gasteiger charge is -2.08. The summed E-state index contributed by atoms with van der Waals surface area (Å²) in [5.41, 5.74) is 0.352. The molecule has 1 aromatic heterocycles. The minimum absolute atomic E-state index is 0.0187. The Balaban J connectivity index is 1.78. The fourth-order valence-corrected chi connectivity index (χ4v) is 1.84. The zero-order valence-corrected chi connectivity index (χ0v) is 10.9. The first-order chi connectivity index (χ1) is 9.66. The highest BCUT2D eigenvalue weighted by Crippen LogP contribution is 2.27. The van der Waals surface area contributed by atoms with E-state index in [2.05, 4.69) is 10.3 Å². The number of nitro groups is 1. The SMILES string of the molecule is O=[N+]([O-])c1ccc(O)c(NCCCCn2ccnc2)c1. The molecule has 1 aromatic carbocycles. The van der Waals surface area contributed by atoms with Gasteiger partial charge >= 0.3 is 0 Å². The van der Waals surface area contributed by atoms with Crippen molar-refractivity contribution in [2.24, 2.45) is 0 Å². The molecule has 1 heterocycles. The van der Waals surface area contributed by atoms with Crippen LogP contribution in [0.1, 0.15) is 12.8 Å². The van der Waals surface area contributed by atoms with Crippen LogP contribution in [0.15, 0.2) is 36.9 Å². The fourth-order valence-electron chi connectivity index (χ4n) is 1.84. The Labute approximate surface area is 116 Å². The van der Waals surface area contributed by atoms with E-state index in [9.17, 15) is 15.2 Å². The molecule has 7 heteroatoms. The summed E-state index contributed by atoms with van der Waals surface area (Å²) in [6, 6.07) is 3.94. The number of aromatic hydroxyl groups is 1. The number of phenols is 1. The number of nitrogens with one attached hydrogen (secondary N) is 1. The van der Waals surface area contributed by atoms with Crippen molar-refractivity contribution in [3.63, 3.8) is 0 Å². The van der Waals surface area contributed by atoms with Crippen molar-refractivity contribution < 1.29 is 10.0 Å². The molecule has 2 N–H and O–H groups in total. The zero-order valence-electron chi connectivity index (χ0n) is 10.9. The predicted molar refractivity (Wildman–Crippen MR) is 74.7 cm³/mol. The lowest BCUT2D eigenvalue weighted by molar-refractivity contribution is -0.384. The molecule has 0 aliphatic rings. The summed E-state index contributed by atoms with van der Waals surface area (Å²) in [5.74, 6) is 0.0187. The largest absolute Gasteiger partial charge is 0.506 e. The zero-order chi connectivity index (χ0) is 14.4. The van der Waals surface area contributed by atoms with Crippen LogP contribution < -0.4 is 5.32 Å². The lowest BCUT2D eigenvalue weighted by Crippen LogP contribution is -2.04. The van der Waals surface area contributed by atoms with E-state index >= 15 is 0 Å². The molecule has 0 spiro atoms. The topological polar surface area (TPSA) is 93.2 Å². The van der Waals surface area contributed by atoms with Gasteiger partial charge in [0, 0.05) is 37.6 Å². The molecule has 0 fully saturated rings. The molecule has 0 aliphatic carbocycles. The number of imidazole rings is 1. The third-order valence-corrected chi connectivity index (χ3v) is 2.91. The summed E-state index contributed by atoms with van der Waals surface area (Å²) in [6.07, 6.45) is 7.25. The van der Waals surface area contributed by atoms with Crippen molar-refractivity contribution >= 4 is 11.4 Å². The van der Waals surface area contributed by atoms with Crippen LogP contribution in [0.25, 0.3) is 0 Å². The van der Waals surface area contributed by atoms with Crippen LogP contribution in [0, 0.1) is 10.1 Å². The molecule has 0 aliphatic heterocycles. The standard InChI is InChI=1S/C13H16N4O3/c18-13-4-3-11(17(19)20)9-12(13)15-5-1-2-7-16-8-6-14-10-16/h3-4,6,8-10,15,18H,1-2,5,7H2. The number of nitrogens with zero attached hydrogens (tertiary/aromatic N) is 3. The minimum atomic E-state index is -0.482. The van der Waals surface area contributed by atoms with Crippen molar-refractivity contribution in [3.05, 3.63) is 47.0 Å². The number of aromatic nitrogens is 2. The maximum Gasteiger partial charge on any atom is 0.271 e. The van der Waals surface area contributed by atoms with Gasteiger partial charge < -0.3 is 15.0 Å². The summed E-state index contributed by atoms with van der Waals surface area (Å²) in [6.45, 7) is 1.52. The second-order valence-electron chi connectivity index (χ2n) is 4.39. The van der Waals surface area contributed by atoms with Crippen LogP contribution in [0.3, 0.4) is 0 Å². The summed E-state index contributed by atoms with van der Waals surface area (Å²) in [4.78, 5) is 14.1. The van der Waals surface area contributed by atoms with E-state index < -0.39 is 4.92 Å². The molecule has 0 unspecified atom stereocenters. The number of benzene rings is 1. The highest BCUT2D eigenvalue weighted by molar-refractivity contribution is 5.60. The first-order valence-corrected chi connectivity index (χ1v) is 6.34. The molecular weight excluding hydrogens is 260 g/mol. The summed E-state index contributed by atoms with van der Waals surface area (Å²) >= 11 is 0. The summed E-state index contributed by atoms with van der Waals surface area (Å²) < 4.78 is 1.99. The number of phenolic OH excluding ortho intramolecular Hbond substituents is 1. The van der Waals surface area contributed by atoms with E-state index in [1.54, 1.807) is 12.5 Å². The van der Waals surface area contributed by atoms with Gasteiger partial charge in [0.2, 0.25) is 0 Å². The van der Waals surface area contributed by atoms with E-state index in [0.717, 1.165) is 19.4 Å². The monoisotopic (exact) mass is 276 g/mol. The smallest absolute Gasteiger partial charge is 0.271 e. The maximum atomic E-state index is 10.7. The van der Waals surface area contributed by atoms with Crippen LogP contribution in [0.2, 0.25) is 0 Å². The molecule has 0 saturated heterocycles. The van der Waals surface area contributed by atoms with E-state index in [1.807, 2.05) is 10.8 Å². The number of unbranched alkanes of at least 4 members (excludes halogenated alkanes) is 1. The van der Waals surface area contributed by atoms with Gasteiger partial charge in [-0.05, 0) is 18.9 Å². The number of hydrogen-bond acceptors (Lipinski definition) is 5. The van der Waals surface area contributed by atoms with Crippen molar-refractivity contribution in [1.82, 2.24) is 9.55 Å². The van der Waals surface area contributed by atoms with Gasteiger partial charge in [-0.1, -0.05) is 0 Å². The first kappa shape index (κ1) is 13.9. The number of hydrogen-bond donors (Lipinski definition) is 2. The third kappa shape index (κ3) is 3.71. The van der Waals surface area contributed by atoms with Gasteiger partial charge in [0.15, 0.2) is 0 Å². The van der Waals surface area contributed by atoms with Crippen molar-refractivity contribution in [2.45, 2.75) is 19.4 Å². The van der Waals surface area contributed by atoms with Crippen LogP contribution in [-0.4, -0.2) is 26.1 Å². The van der Waals surface area contributed by atoms with Gasteiger partial charge in [-0.25, -0.2) is 4.98 Å². The van der Waals surface area contributed by atoms with Gasteiger partial charge in [0.1, 0.15) is 5.75 Å². The molecule has 0 saturated carbocycles. The van der Waals surface area contributed by atoms with E-state index in [0.29, 0.717) is 12.2 Å². The number of non-ortho nitro benzene ring substituents is 1. The summed E-state index contributed by atoms with van der Waals surface area (Å²) in [5, 5.41) is 23.3. The van der Waals surface area contributed by atoms with E-state index in [-0.39, 0.29) is 11.4 Å². The molecule has 0 radical (unpaired) electrons. The highest BCUT2D eigenvalue weighted by atomic mass is 16.6. The number of nitro benzene ring substituents is 1. The molecule has 20 heavy (non-hydrogen) atoms. The second kappa shape index (κ2) is 6.55. The van der Waals surface area contributed by atoms with Crippen LogP contribution in [0.5, 0.6) is 5.75 Å². The fraction of sp³-hybridized carbons (Fsp3) is 0.308. The van der Waals surface area contributed by atoms with Crippen molar-refractivity contribution in [1.29, 1.82) is 0 Å². The van der Waals surface area contributed by atoms with Gasteiger partial charge in [0.25, 0.3) is 5.69 Å². The minimum Gasteiger partial charge on any atom is -0.506 e. The number of aryl methyl sites for hydroxylation is 1. The maximum absolute atomic E-state index is 10.7. The van der Waals surface area contributed by atoms with Crippen LogP contribution in [-0.2, 0) is 6.54 Å². The van der Waals surface area contributed by atoms with E-state index in [4.69, 9.17) is 0 Å². The predicted octanol–water partition coefficient (Wildman–Crippen LogP) is 2.39. The molecule has 2 rings (SSSR count). The van der Waals surface area contributed by atoms with Crippen molar-refractivity contribution in [3.8, 4) is 5.75 Å². The number of rotatable bonds is 7. The van der Waals surface area contributed by atoms with Gasteiger partial charge in [-0.15, -0.1) is 0 Å². The molecule has 106 valence electrons. The van der Waals surface area contributed by atoms with Gasteiger partial charge in [0.05, 0.1) is 16.9 Å². The third-order valence-electron chi connectivity index (χ3n) is 2.91. The lowest BCUT2D eigenvalue weighted by atomic mass is 10.2. The van der Waals surface area contributed by atoms with Gasteiger partial charge in [-0.3, -0.25) is 10.1 Å². The average molecular weight is 276 g/mol. The Morgan fingerprint density at radius 2 is 2.25 bits per heavy atom. The molecule has 0 amide bonds. The van der Waals surface area contributed by atoms with Gasteiger partial charge in [-0.2, -0.15) is 0 Å². The van der Waals surface area contributed by atoms with Crippen molar-refractivity contribution in [2.75, 3.05) is 11.9 Å². The Bertz CT molecular complexity index is 569. The average Bonchev–Trinajstić information content (AvgIpc) is 2.93. The Hall–Kier alpha value is -2.57. The molecular formula is C13H16N4O3. The molecule has 0 atom stereocenters.